The first-order chi connectivity index (χ1) is 9.65. The lowest BCUT2D eigenvalue weighted by Gasteiger charge is -2.33. The van der Waals surface area contributed by atoms with E-state index in [4.69, 9.17) is 11.5 Å². The zero-order chi connectivity index (χ0) is 15.0. The Hall–Kier alpha value is -1.43. The van der Waals surface area contributed by atoms with Gasteiger partial charge in [-0.2, -0.15) is 0 Å². The molecule has 0 bridgehead atoms. The molecule has 0 spiro atoms. The molecule has 20 heavy (non-hydrogen) atoms. The van der Waals surface area contributed by atoms with Crippen LogP contribution in [0.1, 0.15) is 31.4 Å². The van der Waals surface area contributed by atoms with E-state index in [1.54, 1.807) is 5.01 Å². The van der Waals surface area contributed by atoms with Gasteiger partial charge in [-0.1, -0.05) is 38.1 Å². The van der Waals surface area contributed by atoms with E-state index in [-0.39, 0.29) is 12.6 Å². The number of hydrogen-bond acceptors (Lipinski definition) is 4. The van der Waals surface area contributed by atoms with Crippen LogP contribution in [0.4, 0.5) is 0 Å². The van der Waals surface area contributed by atoms with Gasteiger partial charge in [0.1, 0.15) is 0 Å². The predicted molar refractivity (Wildman–Crippen MR) is 81.5 cm³/mol. The second-order valence-electron chi connectivity index (χ2n) is 4.72. The van der Waals surface area contributed by atoms with Crippen molar-refractivity contribution in [3.05, 3.63) is 35.4 Å². The van der Waals surface area contributed by atoms with Crippen LogP contribution in [-0.2, 0) is 17.8 Å². The number of nitrogens with zero attached hydrogens (tertiary/aromatic N) is 2. The van der Waals surface area contributed by atoms with Crippen LogP contribution in [0.3, 0.4) is 0 Å². The summed E-state index contributed by atoms with van der Waals surface area (Å²) in [7, 11) is 0. The normalized spacial score (nSPS) is 10.8. The summed E-state index contributed by atoms with van der Waals surface area (Å²) in [6, 6.07) is 7.81. The molecule has 1 rings (SSSR count). The van der Waals surface area contributed by atoms with Gasteiger partial charge in [0, 0.05) is 19.6 Å². The third-order valence-electron chi connectivity index (χ3n) is 3.26. The van der Waals surface area contributed by atoms with Crippen molar-refractivity contribution < 1.29 is 4.79 Å². The van der Waals surface area contributed by atoms with Gasteiger partial charge in [0.05, 0.1) is 13.1 Å². The molecule has 0 radical (unpaired) electrons. The first-order valence-electron chi connectivity index (χ1n) is 7.19. The molecule has 0 aliphatic carbocycles. The molecule has 5 heteroatoms. The summed E-state index contributed by atoms with van der Waals surface area (Å²) in [5.74, 6) is 0.0308. The van der Waals surface area contributed by atoms with Crippen molar-refractivity contribution in [2.24, 2.45) is 11.5 Å². The second kappa shape index (κ2) is 8.68. The Morgan fingerprint density at radius 2 is 1.70 bits per heavy atom. The monoisotopic (exact) mass is 278 g/mol. The minimum absolute atomic E-state index is 0.0308. The zero-order valence-electron chi connectivity index (χ0n) is 12.5. The number of hydrogen-bond donors (Lipinski definition) is 2. The third-order valence-corrected chi connectivity index (χ3v) is 3.26. The molecule has 0 unspecified atom stereocenters. The molecule has 0 heterocycles. The standard InChI is InChI=1S/C15H26N4O/c1-3-9-18(4-2)19(12-17)15(20)10-13-5-7-14(11-16)8-6-13/h5-8H,3-4,9-12,16-17H2,1-2H3. The Balaban J connectivity index is 2.70. The fourth-order valence-electron chi connectivity index (χ4n) is 2.14. The van der Waals surface area contributed by atoms with E-state index in [0.717, 1.165) is 30.6 Å². The van der Waals surface area contributed by atoms with E-state index >= 15 is 0 Å². The summed E-state index contributed by atoms with van der Waals surface area (Å²) >= 11 is 0. The van der Waals surface area contributed by atoms with E-state index in [1.807, 2.05) is 36.2 Å². The SMILES string of the molecule is CCCN(CC)N(CN)C(=O)Cc1ccc(CN)cc1. The van der Waals surface area contributed by atoms with Crippen molar-refractivity contribution in [2.75, 3.05) is 19.8 Å². The summed E-state index contributed by atoms with van der Waals surface area (Å²) in [5, 5.41) is 3.64. The van der Waals surface area contributed by atoms with Crippen molar-refractivity contribution in [1.82, 2.24) is 10.0 Å². The molecule has 0 atom stereocenters. The van der Waals surface area contributed by atoms with Crippen LogP contribution in [0.5, 0.6) is 0 Å². The molecule has 0 saturated carbocycles. The van der Waals surface area contributed by atoms with Crippen LogP contribution < -0.4 is 11.5 Å². The summed E-state index contributed by atoms with van der Waals surface area (Å²) in [6.45, 7) is 6.47. The average Bonchev–Trinajstić information content (AvgIpc) is 2.47. The van der Waals surface area contributed by atoms with E-state index in [0.29, 0.717) is 13.0 Å². The topological polar surface area (TPSA) is 75.6 Å². The fourth-order valence-corrected chi connectivity index (χ4v) is 2.14. The molecule has 1 aromatic rings. The molecular weight excluding hydrogens is 252 g/mol. The van der Waals surface area contributed by atoms with Crippen molar-refractivity contribution in [2.45, 2.75) is 33.2 Å². The highest BCUT2D eigenvalue weighted by molar-refractivity contribution is 5.78. The van der Waals surface area contributed by atoms with Gasteiger partial charge in [0.15, 0.2) is 0 Å². The van der Waals surface area contributed by atoms with E-state index < -0.39 is 0 Å². The Morgan fingerprint density at radius 3 is 2.15 bits per heavy atom. The van der Waals surface area contributed by atoms with Gasteiger partial charge in [-0.15, -0.1) is 0 Å². The molecule has 112 valence electrons. The largest absolute Gasteiger partial charge is 0.326 e. The fraction of sp³-hybridized carbons (Fsp3) is 0.533. The molecule has 0 saturated heterocycles. The Bertz CT molecular complexity index is 405. The molecular formula is C15H26N4O. The molecule has 1 amide bonds. The number of rotatable bonds is 8. The number of carbonyl (C=O) groups excluding carboxylic acids is 1. The minimum Gasteiger partial charge on any atom is -0.326 e. The Kier molecular flexibility index (Phi) is 7.22. The smallest absolute Gasteiger partial charge is 0.242 e. The van der Waals surface area contributed by atoms with Gasteiger partial charge < -0.3 is 11.5 Å². The number of nitrogens with two attached hydrogens (primary N) is 2. The Morgan fingerprint density at radius 1 is 1.10 bits per heavy atom. The summed E-state index contributed by atoms with van der Waals surface area (Å²) in [6.07, 6.45) is 1.35. The maximum absolute atomic E-state index is 12.4. The highest BCUT2D eigenvalue weighted by Crippen LogP contribution is 2.08. The molecule has 5 nitrogen and oxygen atoms in total. The summed E-state index contributed by atoms with van der Waals surface area (Å²) in [5.41, 5.74) is 13.3. The predicted octanol–water partition coefficient (Wildman–Crippen LogP) is 1.08. The number of amides is 1. The van der Waals surface area contributed by atoms with Crippen molar-refractivity contribution >= 4 is 5.91 Å². The van der Waals surface area contributed by atoms with Crippen LogP contribution in [0.15, 0.2) is 24.3 Å². The molecule has 0 aliphatic heterocycles. The zero-order valence-corrected chi connectivity index (χ0v) is 12.5. The number of carbonyl (C=O) groups is 1. The van der Waals surface area contributed by atoms with Crippen LogP contribution in [0, 0.1) is 0 Å². The quantitative estimate of drug-likeness (QED) is 0.551. The number of benzene rings is 1. The van der Waals surface area contributed by atoms with Crippen LogP contribution >= 0.6 is 0 Å². The van der Waals surface area contributed by atoms with Crippen molar-refractivity contribution in [3.63, 3.8) is 0 Å². The highest BCUT2D eigenvalue weighted by Gasteiger charge is 2.18. The van der Waals surface area contributed by atoms with Crippen LogP contribution in [0.25, 0.3) is 0 Å². The maximum Gasteiger partial charge on any atom is 0.242 e. The summed E-state index contributed by atoms with van der Waals surface area (Å²) in [4.78, 5) is 12.4. The van der Waals surface area contributed by atoms with Crippen molar-refractivity contribution in [1.29, 1.82) is 0 Å². The van der Waals surface area contributed by atoms with E-state index in [9.17, 15) is 4.79 Å². The van der Waals surface area contributed by atoms with Gasteiger partial charge in [-0.05, 0) is 17.5 Å². The van der Waals surface area contributed by atoms with Crippen LogP contribution in [-0.4, -0.2) is 35.7 Å². The van der Waals surface area contributed by atoms with Crippen molar-refractivity contribution in [3.8, 4) is 0 Å². The maximum atomic E-state index is 12.4. The lowest BCUT2D eigenvalue weighted by molar-refractivity contribution is -0.148. The molecule has 4 N–H and O–H groups in total. The second-order valence-corrected chi connectivity index (χ2v) is 4.72. The van der Waals surface area contributed by atoms with Gasteiger partial charge in [-0.3, -0.25) is 9.80 Å². The lowest BCUT2D eigenvalue weighted by atomic mass is 10.1. The molecule has 0 fully saturated rings. The minimum atomic E-state index is 0.0308. The van der Waals surface area contributed by atoms with Gasteiger partial charge in [-0.25, -0.2) is 5.01 Å². The Labute approximate surface area is 121 Å². The first kappa shape index (κ1) is 16.6. The van der Waals surface area contributed by atoms with E-state index in [2.05, 4.69) is 6.92 Å². The van der Waals surface area contributed by atoms with Crippen LogP contribution in [0.2, 0.25) is 0 Å². The van der Waals surface area contributed by atoms with Gasteiger partial charge in [0.2, 0.25) is 5.91 Å². The molecule has 0 aromatic heterocycles. The lowest BCUT2D eigenvalue weighted by Crippen LogP contribution is -2.50. The highest BCUT2D eigenvalue weighted by atomic mass is 16.2. The first-order valence-corrected chi connectivity index (χ1v) is 7.19. The number of hydrazine groups is 1. The molecule has 1 aromatic carbocycles. The summed E-state index contributed by atoms with van der Waals surface area (Å²) < 4.78 is 0. The third kappa shape index (κ3) is 4.59. The molecule has 0 aliphatic rings. The average molecular weight is 278 g/mol. The van der Waals surface area contributed by atoms with Gasteiger partial charge in [0.25, 0.3) is 0 Å². The van der Waals surface area contributed by atoms with E-state index in [1.165, 1.54) is 0 Å². The van der Waals surface area contributed by atoms with Gasteiger partial charge >= 0.3 is 0 Å².